The summed E-state index contributed by atoms with van der Waals surface area (Å²) in [6.07, 6.45) is 0. The van der Waals surface area contributed by atoms with E-state index < -0.39 is 0 Å². The van der Waals surface area contributed by atoms with Gasteiger partial charge in [-0.2, -0.15) is 0 Å². The number of H-pyrrole nitrogens is 1. The molecular weight excluding hydrogens is 350 g/mol. The molecule has 1 aromatic heterocycles. The largest absolute Gasteiger partial charge is 0.351 e. The van der Waals surface area contributed by atoms with Crippen LogP contribution in [0.1, 0.15) is 20.8 Å². The van der Waals surface area contributed by atoms with Crippen LogP contribution in [0, 0.1) is 0 Å². The van der Waals surface area contributed by atoms with Gasteiger partial charge in [0.15, 0.2) is 0 Å². The second kappa shape index (κ2) is 6.84. The van der Waals surface area contributed by atoms with Gasteiger partial charge in [-0.15, -0.1) is 0 Å². The van der Waals surface area contributed by atoms with Crippen LogP contribution in [-0.2, 0) is 0 Å². The number of hydrogen-bond acceptors (Lipinski definition) is 2. The molecule has 0 bridgehead atoms. The van der Waals surface area contributed by atoms with Crippen molar-refractivity contribution < 1.29 is 9.59 Å². The average Bonchev–Trinajstić information content (AvgIpc) is 3.11. The molecule has 0 radical (unpaired) electrons. The third-order valence-electron chi connectivity index (χ3n) is 4.72. The minimum absolute atomic E-state index is 0.0361. The monoisotopic (exact) mass is 367 g/mol. The molecule has 0 atom stereocenters. The van der Waals surface area contributed by atoms with E-state index in [0.29, 0.717) is 42.5 Å². The predicted molar refractivity (Wildman–Crippen MR) is 102 cm³/mol. The molecule has 1 fully saturated rings. The minimum atomic E-state index is -0.0895. The number of amides is 2. The molecule has 4 rings (SSSR count). The fourth-order valence-electron chi connectivity index (χ4n) is 3.28. The van der Waals surface area contributed by atoms with Crippen LogP contribution in [0.3, 0.4) is 0 Å². The van der Waals surface area contributed by atoms with Crippen molar-refractivity contribution in [2.45, 2.75) is 0 Å². The number of nitrogens with zero attached hydrogens (tertiary/aromatic N) is 2. The highest BCUT2D eigenvalue weighted by Crippen LogP contribution is 2.20. The summed E-state index contributed by atoms with van der Waals surface area (Å²) in [6, 6.07) is 16.7. The highest BCUT2D eigenvalue weighted by Gasteiger charge is 2.27. The van der Waals surface area contributed by atoms with E-state index >= 15 is 0 Å². The number of para-hydroxylation sites is 1. The first kappa shape index (κ1) is 16.7. The van der Waals surface area contributed by atoms with E-state index in [1.807, 2.05) is 30.3 Å². The number of aromatic amines is 1. The number of aromatic nitrogens is 1. The van der Waals surface area contributed by atoms with E-state index in [0.717, 1.165) is 10.9 Å². The quantitative estimate of drug-likeness (QED) is 0.754. The Kier molecular flexibility index (Phi) is 4.39. The van der Waals surface area contributed by atoms with Gasteiger partial charge in [0.05, 0.1) is 10.6 Å². The van der Waals surface area contributed by atoms with Gasteiger partial charge in [0.25, 0.3) is 11.8 Å². The van der Waals surface area contributed by atoms with Crippen LogP contribution in [0.15, 0.2) is 54.6 Å². The summed E-state index contributed by atoms with van der Waals surface area (Å²) in [5.41, 5.74) is 2.03. The summed E-state index contributed by atoms with van der Waals surface area (Å²) in [4.78, 5) is 32.1. The Labute approximate surface area is 156 Å². The minimum Gasteiger partial charge on any atom is -0.351 e. The van der Waals surface area contributed by atoms with Crippen molar-refractivity contribution in [3.63, 3.8) is 0 Å². The van der Waals surface area contributed by atoms with Crippen LogP contribution in [0.4, 0.5) is 0 Å². The van der Waals surface area contributed by atoms with Gasteiger partial charge in [-0.1, -0.05) is 41.9 Å². The van der Waals surface area contributed by atoms with Gasteiger partial charge in [-0.05, 0) is 24.3 Å². The molecule has 1 aliphatic heterocycles. The molecule has 2 heterocycles. The van der Waals surface area contributed by atoms with Gasteiger partial charge >= 0.3 is 0 Å². The zero-order valence-electron chi connectivity index (χ0n) is 14.1. The number of fused-ring (bicyclic) bond motifs is 1. The number of halogens is 1. The molecule has 1 N–H and O–H groups in total. The van der Waals surface area contributed by atoms with Crippen molar-refractivity contribution >= 4 is 34.3 Å². The first-order valence-electron chi connectivity index (χ1n) is 8.54. The Morgan fingerprint density at radius 1 is 0.846 bits per heavy atom. The summed E-state index contributed by atoms with van der Waals surface area (Å²) in [7, 11) is 0. The van der Waals surface area contributed by atoms with Crippen molar-refractivity contribution in [3.8, 4) is 0 Å². The molecule has 0 spiro atoms. The fraction of sp³-hybridized carbons (Fsp3) is 0.200. The van der Waals surface area contributed by atoms with Crippen molar-refractivity contribution in [1.29, 1.82) is 0 Å². The van der Waals surface area contributed by atoms with Crippen LogP contribution < -0.4 is 0 Å². The second-order valence-electron chi connectivity index (χ2n) is 6.33. The molecular formula is C20H18ClN3O2. The van der Waals surface area contributed by atoms with Gasteiger partial charge in [-0.25, -0.2) is 0 Å². The Hall–Kier alpha value is -2.79. The maximum atomic E-state index is 12.7. The maximum absolute atomic E-state index is 12.7. The number of carbonyl (C=O) groups is 2. The van der Waals surface area contributed by atoms with Crippen molar-refractivity contribution in [3.05, 3.63) is 70.9 Å². The topological polar surface area (TPSA) is 56.4 Å². The molecule has 26 heavy (non-hydrogen) atoms. The lowest BCUT2D eigenvalue weighted by Gasteiger charge is -2.34. The van der Waals surface area contributed by atoms with Crippen LogP contribution in [0.5, 0.6) is 0 Å². The summed E-state index contributed by atoms with van der Waals surface area (Å²) in [5.74, 6) is -0.126. The van der Waals surface area contributed by atoms with Gasteiger partial charge in [0, 0.05) is 37.1 Å². The van der Waals surface area contributed by atoms with E-state index in [1.165, 1.54) is 0 Å². The molecule has 1 saturated heterocycles. The SMILES string of the molecule is O=C(c1cc2ccccc2[nH]1)N1CCN(C(=O)c2ccccc2Cl)CC1. The number of carbonyl (C=O) groups excluding carboxylic acids is 2. The normalized spacial score (nSPS) is 14.7. The van der Waals surface area contributed by atoms with E-state index in [-0.39, 0.29) is 11.8 Å². The predicted octanol–water partition coefficient (Wildman–Crippen LogP) is 3.42. The molecule has 6 heteroatoms. The van der Waals surface area contributed by atoms with Crippen LogP contribution >= 0.6 is 11.6 Å². The fourth-order valence-corrected chi connectivity index (χ4v) is 3.49. The molecule has 132 valence electrons. The average molecular weight is 368 g/mol. The standard InChI is InChI=1S/C20H18ClN3O2/c21-16-7-3-2-6-15(16)19(25)23-9-11-24(12-10-23)20(26)18-13-14-5-1-4-8-17(14)22-18/h1-8,13,22H,9-12H2. The molecule has 1 aliphatic rings. The third-order valence-corrected chi connectivity index (χ3v) is 5.05. The van der Waals surface area contributed by atoms with Crippen LogP contribution in [0.2, 0.25) is 5.02 Å². The van der Waals surface area contributed by atoms with Crippen molar-refractivity contribution in [2.24, 2.45) is 0 Å². The molecule has 0 aliphatic carbocycles. The number of nitrogens with one attached hydrogen (secondary N) is 1. The Morgan fingerprint density at radius 2 is 1.46 bits per heavy atom. The summed E-state index contributed by atoms with van der Waals surface area (Å²) in [5, 5.41) is 1.47. The first-order chi connectivity index (χ1) is 12.6. The second-order valence-corrected chi connectivity index (χ2v) is 6.74. The number of hydrogen-bond donors (Lipinski definition) is 1. The summed E-state index contributed by atoms with van der Waals surface area (Å²) in [6.45, 7) is 2.00. The lowest BCUT2D eigenvalue weighted by molar-refractivity contribution is 0.0533. The van der Waals surface area contributed by atoms with Gasteiger partial charge in [0.2, 0.25) is 0 Å². The Bertz CT molecular complexity index is 941. The number of piperazine rings is 1. The number of benzene rings is 2. The van der Waals surface area contributed by atoms with E-state index in [9.17, 15) is 9.59 Å². The Balaban J connectivity index is 1.44. The molecule has 2 amide bonds. The van der Waals surface area contributed by atoms with Crippen LogP contribution in [0.25, 0.3) is 10.9 Å². The first-order valence-corrected chi connectivity index (χ1v) is 8.92. The zero-order chi connectivity index (χ0) is 18.1. The van der Waals surface area contributed by atoms with Crippen molar-refractivity contribution in [2.75, 3.05) is 26.2 Å². The summed E-state index contributed by atoms with van der Waals surface area (Å²) < 4.78 is 0. The third kappa shape index (κ3) is 3.06. The van der Waals surface area contributed by atoms with Gasteiger partial charge in [0.1, 0.15) is 5.69 Å². The highest BCUT2D eigenvalue weighted by atomic mass is 35.5. The highest BCUT2D eigenvalue weighted by molar-refractivity contribution is 6.33. The molecule has 0 saturated carbocycles. The number of rotatable bonds is 2. The lowest BCUT2D eigenvalue weighted by atomic mass is 10.1. The van der Waals surface area contributed by atoms with Gasteiger partial charge in [-0.3, -0.25) is 9.59 Å². The molecule has 5 nitrogen and oxygen atoms in total. The van der Waals surface area contributed by atoms with Crippen molar-refractivity contribution in [1.82, 2.24) is 14.8 Å². The van der Waals surface area contributed by atoms with E-state index in [4.69, 9.17) is 11.6 Å². The van der Waals surface area contributed by atoms with E-state index in [2.05, 4.69) is 4.98 Å². The summed E-state index contributed by atoms with van der Waals surface area (Å²) >= 11 is 6.12. The lowest BCUT2D eigenvalue weighted by Crippen LogP contribution is -2.50. The van der Waals surface area contributed by atoms with E-state index in [1.54, 1.807) is 34.1 Å². The Morgan fingerprint density at radius 3 is 2.15 bits per heavy atom. The van der Waals surface area contributed by atoms with Crippen LogP contribution in [-0.4, -0.2) is 52.8 Å². The molecule has 3 aromatic rings. The smallest absolute Gasteiger partial charge is 0.270 e. The van der Waals surface area contributed by atoms with Gasteiger partial charge < -0.3 is 14.8 Å². The molecule has 2 aromatic carbocycles. The molecule has 0 unspecified atom stereocenters. The maximum Gasteiger partial charge on any atom is 0.270 e. The zero-order valence-corrected chi connectivity index (χ0v) is 14.9.